The van der Waals surface area contributed by atoms with Gasteiger partial charge in [0.1, 0.15) is 5.75 Å². The van der Waals surface area contributed by atoms with Gasteiger partial charge in [-0.05, 0) is 87.2 Å². The number of carbonyl (C=O) groups excluding carboxylic acids is 1. The zero-order valence-electron chi connectivity index (χ0n) is 19.8. The highest BCUT2D eigenvalue weighted by molar-refractivity contribution is 9.11. The molecule has 0 bridgehead atoms. The number of aromatic hydroxyl groups is 1. The van der Waals surface area contributed by atoms with E-state index in [-0.39, 0.29) is 23.5 Å². The van der Waals surface area contributed by atoms with Gasteiger partial charge in [-0.15, -0.1) is 0 Å². The molecule has 0 amide bonds. The van der Waals surface area contributed by atoms with Crippen LogP contribution in [0.4, 0.5) is 0 Å². The standard InChI is InChI=1S/C25H22Br2N2O6S/c1-5-35-24(32)20-12(2)28-25-29(21(20)14-6-7-17(33-3)18(11-14)34-4)23(31)19(36-25)10-13-8-15(26)22(30)16(27)9-13/h6-11,21,30H,5H2,1-4H3/b19-10-/t21-/m1/s1. The van der Waals surface area contributed by atoms with Gasteiger partial charge >= 0.3 is 5.97 Å². The van der Waals surface area contributed by atoms with Crippen molar-refractivity contribution in [1.29, 1.82) is 0 Å². The summed E-state index contributed by atoms with van der Waals surface area (Å²) in [4.78, 5) is 31.8. The number of hydrogen-bond acceptors (Lipinski definition) is 8. The second-order valence-electron chi connectivity index (χ2n) is 7.75. The van der Waals surface area contributed by atoms with Crippen LogP contribution in [0.3, 0.4) is 0 Å². The topological polar surface area (TPSA) is 99.4 Å². The fourth-order valence-electron chi connectivity index (χ4n) is 3.95. The number of methoxy groups -OCH3 is 2. The van der Waals surface area contributed by atoms with E-state index in [0.29, 0.717) is 46.6 Å². The van der Waals surface area contributed by atoms with E-state index in [1.165, 1.54) is 30.1 Å². The number of ether oxygens (including phenoxy) is 3. The molecule has 2 aromatic carbocycles. The number of rotatable bonds is 6. The first-order chi connectivity index (χ1) is 17.2. The Kier molecular flexibility index (Phi) is 7.72. The minimum atomic E-state index is -0.777. The molecule has 2 heterocycles. The van der Waals surface area contributed by atoms with Crippen LogP contribution in [0.15, 0.2) is 60.3 Å². The SMILES string of the molecule is CCOC(=O)C1=C(C)N=c2s/c(=C\c3cc(Br)c(O)c(Br)c3)c(=O)n2[C@@H]1c1ccc(OC)c(OC)c1. The molecule has 1 aliphatic heterocycles. The molecule has 0 fully saturated rings. The molecule has 0 radical (unpaired) electrons. The van der Waals surface area contributed by atoms with Gasteiger partial charge < -0.3 is 19.3 Å². The van der Waals surface area contributed by atoms with Gasteiger partial charge in [0.25, 0.3) is 5.56 Å². The van der Waals surface area contributed by atoms with Crippen molar-refractivity contribution in [2.75, 3.05) is 20.8 Å². The number of aromatic nitrogens is 1. The summed E-state index contributed by atoms with van der Waals surface area (Å²) in [5, 5.41) is 10.0. The van der Waals surface area contributed by atoms with Crippen molar-refractivity contribution in [2.24, 2.45) is 4.99 Å². The van der Waals surface area contributed by atoms with E-state index in [0.717, 1.165) is 0 Å². The van der Waals surface area contributed by atoms with Gasteiger partial charge in [-0.2, -0.15) is 0 Å². The summed E-state index contributed by atoms with van der Waals surface area (Å²) in [6, 6.07) is 7.90. The first-order valence-electron chi connectivity index (χ1n) is 10.8. The largest absolute Gasteiger partial charge is 0.506 e. The summed E-state index contributed by atoms with van der Waals surface area (Å²) in [6.07, 6.45) is 1.72. The zero-order chi connectivity index (χ0) is 26.1. The van der Waals surface area contributed by atoms with Crippen molar-refractivity contribution in [3.63, 3.8) is 0 Å². The number of carbonyl (C=O) groups is 1. The highest BCUT2D eigenvalue weighted by atomic mass is 79.9. The molecule has 36 heavy (non-hydrogen) atoms. The maximum atomic E-state index is 13.7. The first-order valence-corrected chi connectivity index (χ1v) is 13.2. The third kappa shape index (κ3) is 4.74. The van der Waals surface area contributed by atoms with Gasteiger partial charge in [-0.1, -0.05) is 17.4 Å². The number of phenols is 1. The van der Waals surface area contributed by atoms with Gasteiger partial charge in [0, 0.05) is 0 Å². The van der Waals surface area contributed by atoms with Crippen LogP contribution in [0, 0.1) is 0 Å². The Morgan fingerprint density at radius 1 is 1.17 bits per heavy atom. The summed E-state index contributed by atoms with van der Waals surface area (Å²) in [5.74, 6) is 0.514. The van der Waals surface area contributed by atoms with Gasteiger partial charge in [-0.3, -0.25) is 9.36 Å². The van der Waals surface area contributed by atoms with Gasteiger partial charge in [0.15, 0.2) is 16.3 Å². The molecule has 1 N–H and O–H groups in total. The number of halogens is 2. The van der Waals surface area contributed by atoms with E-state index in [1.807, 2.05) is 0 Å². The molecule has 0 saturated heterocycles. The van der Waals surface area contributed by atoms with Gasteiger partial charge in [-0.25, -0.2) is 9.79 Å². The predicted molar refractivity (Wildman–Crippen MR) is 143 cm³/mol. The third-order valence-electron chi connectivity index (χ3n) is 5.58. The van der Waals surface area contributed by atoms with Crippen molar-refractivity contribution in [2.45, 2.75) is 19.9 Å². The molecule has 0 aliphatic carbocycles. The van der Waals surface area contributed by atoms with Crippen LogP contribution in [0.25, 0.3) is 6.08 Å². The number of nitrogens with zero attached hydrogens (tertiary/aromatic N) is 2. The molecular formula is C25H22Br2N2O6S. The number of allylic oxidation sites excluding steroid dienone is 1. The zero-order valence-corrected chi connectivity index (χ0v) is 23.8. The molecule has 3 aromatic rings. The van der Waals surface area contributed by atoms with Crippen molar-refractivity contribution < 1.29 is 24.1 Å². The molecular weight excluding hydrogens is 616 g/mol. The fourth-order valence-corrected chi connectivity index (χ4v) is 6.22. The summed E-state index contributed by atoms with van der Waals surface area (Å²) in [7, 11) is 3.06. The normalized spacial score (nSPS) is 15.4. The van der Waals surface area contributed by atoms with E-state index in [2.05, 4.69) is 36.9 Å². The third-order valence-corrected chi connectivity index (χ3v) is 7.77. The fraction of sp³-hybridized carbons (Fsp3) is 0.240. The number of fused-ring (bicyclic) bond motifs is 1. The van der Waals surface area contributed by atoms with Gasteiger partial charge in [0.2, 0.25) is 0 Å². The van der Waals surface area contributed by atoms with Crippen LogP contribution in [-0.4, -0.2) is 36.5 Å². The summed E-state index contributed by atoms with van der Waals surface area (Å²) < 4.78 is 19.1. The van der Waals surface area contributed by atoms with E-state index in [1.54, 1.807) is 50.3 Å². The second kappa shape index (κ2) is 10.6. The average molecular weight is 638 g/mol. The Morgan fingerprint density at radius 2 is 1.83 bits per heavy atom. The van der Waals surface area contributed by atoms with E-state index >= 15 is 0 Å². The lowest BCUT2D eigenvalue weighted by atomic mass is 9.95. The Morgan fingerprint density at radius 3 is 2.44 bits per heavy atom. The number of esters is 1. The van der Waals surface area contributed by atoms with Gasteiger partial charge in [0.05, 0.1) is 51.6 Å². The monoisotopic (exact) mass is 636 g/mol. The number of benzene rings is 2. The quantitative estimate of drug-likeness (QED) is 0.410. The molecule has 1 atom stereocenters. The second-order valence-corrected chi connectivity index (χ2v) is 10.5. The van der Waals surface area contributed by atoms with Crippen molar-refractivity contribution in [1.82, 2.24) is 4.57 Å². The van der Waals surface area contributed by atoms with Crippen molar-refractivity contribution >= 4 is 55.2 Å². The lowest BCUT2D eigenvalue weighted by Crippen LogP contribution is -2.40. The lowest BCUT2D eigenvalue weighted by molar-refractivity contribution is -0.139. The highest BCUT2D eigenvalue weighted by Crippen LogP contribution is 2.36. The Balaban J connectivity index is 1.98. The highest BCUT2D eigenvalue weighted by Gasteiger charge is 2.34. The van der Waals surface area contributed by atoms with Crippen LogP contribution in [0.5, 0.6) is 17.2 Å². The van der Waals surface area contributed by atoms with E-state index < -0.39 is 12.0 Å². The molecule has 1 aliphatic rings. The minimum Gasteiger partial charge on any atom is -0.506 e. The van der Waals surface area contributed by atoms with E-state index in [4.69, 9.17) is 14.2 Å². The predicted octanol–water partition coefficient (Wildman–Crippen LogP) is 4.05. The van der Waals surface area contributed by atoms with Crippen LogP contribution >= 0.6 is 43.2 Å². The maximum Gasteiger partial charge on any atom is 0.338 e. The van der Waals surface area contributed by atoms with Crippen molar-refractivity contribution in [3.8, 4) is 17.2 Å². The number of phenolic OH excluding ortho intramolecular Hbond substituents is 1. The Labute approximate surface area is 227 Å². The number of thiazole rings is 1. The lowest BCUT2D eigenvalue weighted by Gasteiger charge is -2.25. The van der Waals surface area contributed by atoms with Crippen molar-refractivity contribution in [3.05, 3.63) is 81.4 Å². The summed E-state index contributed by atoms with van der Waals surface area (Å²) >= 11 is 7.85. The average Bonchev–Trinajstić information content (AvgIpc) is 3.15. The van der Waals surface area contributed by atoms with Crippen LogP contribution in [0.2, 0.25) is 0 Å². The van der Waals surface area contributed by atoms with E-state index in [9.17, 15) is 14.7 Å². The molecule has 0 unspecified atom stereocenters. The summed E-state index contributed by atoms with van der Waals surface area (Å²) in [5.41, 5.74) is 1.77. The molecule has 4 rings (SSSR count). The van der Waals surface area contributed by atoms with Crippen LogP contribution in [-0.2, 0) is 9.53 Å². The molecule has 0 spiro atoms. The first kappa shape index (κ1) is 26.2. The van der Waals surface area contributed by atoms with Crippen LogP contribution in [0.1, 0.15) is 31.0 Å². The van der Waals surface area contributed by atoms with Crippen LogP contribution < -0.4 is 24.4 Å². The minimum absolute atomic E-state index is 0.0665. The maximum absolute atomic E-state index is 13.7. The number of hydrogen-bond donors (Lipinski definition) is 1. The molecule has 0 saturated carbocycles. The molecule has 1 aromatic heterocycles. The summed E-state index contributed by atoms with van der Waals surface area (Å²) in [6.45, 7) is 3.64. The Hall–Kier alpha value is -2.89. The molecule has 188 valence electrons. The smallest absolute Gasteiger partial charge is 0.338 e. The Bertz CT molecular complexity index is 1550. The molecule has 11 heteroatoms. The molecule has 8 nitrogen and oxygen atoms in total.